The van der Waals surface area contributed by atoms with Gasteiger partial charge in [0.1, 0.15) is 0 Å². The van der Waals surface area contributed by atoms with E-state index >= 15 is 0 Å². The Morgan fingerprint density at radius 3 is 2.69 bits per heavy atom. The quantitative estimate of drug-likeness (QED) is 0.360. The number of hydrogen-bond acceptors (Lipinski definition) is 2. The van der Waals surface area contributed by atoms with Crippen LogP contribution in [0.25, 0.3) is 0 Å². The first kappa shape index (κ1) is 11.2. The van der Waals surface area contributed by atoms with Crippen LogP contribution in [0.3, 0.4) is 0 Å². The Hall–Kier alpha value is -1.76. The third-order valence-corrected chi connectivity index (χ3v) is 1.17. The predicted molar refractivity (Wildman–Crippen MR) is 47.9 cm³/mol. The van der Waals surface area contributed by atoms with E-state index in [4.69, 9.17) is 11.5 Å². The highest BCUT2D eigenvalue weighted by Crippen LogP contribution is 1.83. The van der Waals surface area contributed by atoms with E-state index in [1.54, 1.807) is 0 Å². The van der Waals surface area contributed by atoms with Crippen molar-refractivity contribution in [1.29, 1.82) is 0 Å². The zero-order valence-corrected chi connectivity index (χ0v) is 7.12. The van der Waals surface area contributed by atoms with Crippen LogP contribution in [0.15, 0.2) is 12.2 Å². The number of aliphatic carboxylic acids is 1. The summed E-state index contributed by atoms with van der Waals surface area (Å²) in [7, 11) is 0. The van der Waals surface area contributed by atoms with Crippen molar-refractivity contribution < 1.29 is 14.7 Å². The molecule has 0 aliphatic rings. The number of terminal acetylenes is 1. The third-order valence-electron chi connectivity index (χ3n) is 1.17. The van der Waals surface area contributed by atoms with Gasteiger partial charge in [-0.1, -0.05) is 0 Å². The fourth-order valence-electron chi connectivity index (χ4n) is 0.608. The van der Waals surface area contributed by atoms with Crippen LogP contribution in [0.2, 0.25) is 0 Å². The number of carboxylic acids is 1. The summed E-state index contributed by atoms with van der Waals surface area (Å²) in [5, 5.41) is 10.7. The Bertz CT molecular complexity index is 250. The fourth-order valence-corrected chi connectivity index (χ4v) is 0.608. The van der Waals surface area contributed by atoms with Crippen LogP contribution in [-0.2, 0) is 9.59 Å². The van der Waals surface area contributed by atoms with Gasteiger partial charge in [0.05, 0.1) is 0 Å². The minimum atomic E-state index is -1.14. The van der Waals surface area contributed by atoms with Gasteiger partial charge in [0.15, 0.2) is 0 Å². The number of rotatable bonds is 5. The molecule has 4 heteroatoms. The summed E-state index contributed by atoms with van der Waals surface area (Å²) in [4.78, 5) is 20.8. The van der Waals surface area contributed by atoms with Gasteiger partial charge in [-0.2, -0.15) is 0 Å². The minimum absolute atomic E-state index is 0.417. The first-order valence-electron chi connectivity index (χ1n) is 3.79. The molecule has 0 spiro atoms. The standard InChI is InChI=1S/C9H11NO3/c1-2-3-4-7-10-8(11)5-6-9(12)13/h1,5-6H,3-4,7H2,(H,10,11)(H,12,13)/b6-5-. The van der Waals surface area contributed by atoms with Crippen molar-refractivity contribution in [3.63, 3.8) is 0 Å². The molecular weight excluding hydrogens is 170 g/mol. The summed E-state index contributed by atoms with van der Waals surface area (Å²) in [6, 6.07) is 0. The molecule has 0 bridgehead atoms. The van der Waals surface area contributed by atoms with Gasteiger partial charge >= 0.3 is 5.97 Å². The average Bonchev–Trinajstić information content (AvgIpc) is 2.09. The van der Waals surface area contributed by atoms with Crippen molar-refractivity contribution in [1.82, 2.24) is 5.32 Å². The predicted octanol–water partition coefficient (Wildman–Crippen LogP) is 0.157. The van der Waals surface area contributed by atoms with Crippen molar-refractivity contribution in [2.75, 3.05) is 6.54 Å². The van der Waals surface area contributed by atoms with E-state index in [1.165, 1.54) is 0 Å². The maximum Gasteiger partial charge on any atom is 0.328 e. The molecular formula is C9H11NO3. The van der Waals surface area contributed by atoms with E-state index in [2.05, 4.69) is 11.2 Å². The molecule has 13 heavy (non-hydrogen) atoms. The molecule has 70 valence electrons. The minimum Gasteiger partial charge on any atom is -0.478 e. The Labute approximate surface area is 76.6 Å². The lowest BCUT2D eigenvalue weighted by atomic mass is 10.3. The first-order valence-corrected chi connectivity index (χ1v) is 3.79. The maximum atomic E-state index is 10.8. The normalized spacial score (nSPS) is 9.46. The number of carbonyl (C=O) groups is 2. The van der Waals surface area contributed by atoms with Crippen LogP contribution in [0.5, 0.6) is 0 Å². The molecule has 1 amide bonds. The summed E-state index contributed by atoms with van der Waals surface area (Å²) < 4.78 is 0. The second kappa shape index (κ2) is 6.92. The molecule has 0 fully saturated rings. The Morgan fingerprint density at radius 1 is 1.46 bits per heavy atom. The number of amides is 1. The highest BCUT2D eigenvalue weighted by molar-refractivity contribution is 5.93. The lowest BCUT2D eigenvalue weighted by molar-refractivity contribution is -0.131. The molecule has 0 aliphatic heterocycles. The van der Waals surface area contributed by atoms with Crippen LogP contribution in [-0.4, -0.2) is 23.5 Å². The summed E-state index contributed by atoms with van der Waals surface area (Å²) in [5.41, 5.74) is 0. The summed E-state index contributed by atoms with van der Waals surface area (Å²) in [6.45, 7) is 0.465. The molecule has 0 heterocycles. The van der Waals surface area contributed by atoms with Gasteiger partial charge in [-0.05, 0) is 6.42 Å². The third kappa shape index (κ3) is 8.14. The molecule has 0 radical (unpaired) electrons. The molecule has 2 N–H and O–H groups in total. The molecule has 4 nitrogen and oxygen atoms in total. The number of nitrogens with one attached hydrogen (secondary N) is 1. The Kier molecular flexibility index (Phi) is 5.98. The van der Waals surface area contributed by atoms with E-state index in [9.17, 15) is 9.59 Å². The molecule has 0 aromatic carbocycles. The highest BCUT2D eigenvalue weighted by atomic mass is 16.4. The number of carboxylic acid groups (broad SMARTS) is 1. The van der Waals surface area contributed by atoms with Gasteiger partial charge < -0.3 is 10.4 Å². The molecule has 0 saturated heterocycles. The van der Waals surface area contributed by atoms with Gasteiger partial charge in [0, 0.05) is 25.1 Å². The largest absolute Gasteiger partial charge is 0.478 e. The second-order valence-electron chi connectivity index (χ2n) is 2.27. The van der Waals surface area contributed by atoms with Gasteiger partial charge in [-0.15, -0.1) is 12.3 Å². The van der Waals surface area contributed by atoms with Crippen molar-refractivity contribution in [3.8, 4) is 12.3 Å². The van der Waals surface area contributed by atoms with Crippen molar-refractivity contribution in [2.45, 2.75) is 12.8 Å². The van der Waals surface area contributed by atoms with Crippen molar-refractivity contribution in [3.05, 3.63) is 12.2 Å². The Morgan fingerprint density at radius 2 is 2.15 bits per heavy atom. The maximum absolute atomic E-state index is 10.8. The van der Waals surface area contributed by atoms with Crippen molar-refractivity contribution in [2.24, 2.45) is 0 Å². The first-order chi connectivity index (χ1) is 6.16. The molecule has 0 aromatic heterocycles. The summed E-state index contributed by atoms with van der Waals surface area (Å²) in [6.07, 6.45) is 8.05. The van der Waals surface area contributed by atoms with Gasteiger partial charge in [0.25, 0.3) is 0 Å². The second-order valence-corrected chi connectivity index (χ2v) is 2.27. The van der Waals surface area contributed by atoms with Gasteiger partial charge in [-0.25, -0.2) is 4.79 Å². The number of hydrogen-bond donors (Lipinski definition) is 2. The Balaban J connectivity index is 3.53. The SMILES string of the molecule is C#CCCCNC(=O)/C=C\C(=O)O. The lowest BCUT2D eigenvalue weighted by Gasteiger charge is -1.97. The van der Waals surface area contributed by atoms with E-state index in [0.717, 1.165) is 12.2 Å². The molecule has 0 unspecified atom stereocenters. The molecule has 0 rings (SSSR count). The molecule has 0 saturated carbocycles. The van der Waals surface area contributed by atoms with Crippen LogP contribution in [0.1, 0.15) is 12.8 Å². The van der Waals surface area contributed by atoms with E-state index < -0.39 is 11.9 Å². The smallest absolute Gasteiger partial charge is 0.328 e. The number of unbranched alkanes of at least 4 members (excludes halogenated alkanes) is 1. The topological polar surface area (TPSA) is 66.4 Å². The van der Waals surface area contributed by atoms with Crippen LogP contribution in [0.4, 0.5) is 0 Å². The highest BCUT2D eigenvalue weighted by Gasteiger charge is 1.94. The van der Waals surface area contributed by atoms with E-state index in [1.807, 2.05) is 0 Å². The molecule has 0 atom stereocenters. The van der Waals surface area contributed by atoms with Crippen molar-refractivity contribution >= 4 is 11.9 Å². The summed E-state index contributed by atoms with van der Waals surface area (Å²) in [5.74, 6) is 0.871. The van der Waals surface area contributed by atoms with Crippen LogP contribution in [0, 0.1) is 12.3 Å². The van der Waals surface area contributed by atoms with Crippen LogP contribution < -0.4 is 5.32 Å². The summed E-state index contributed by atoms with van der Waals surface area (Å²) >= 11 is 0. The average molecular weight is 181 g/mol. The monoisotopic (exact) mass is 181 g/mol. The zero-order chi connectivity index (χ0) is 10.1. The molecule has 0 aliphatic carbocycles. The van der Waals surface area contributed by atoms with Gasteiger partial charge in [-0.3, -0.25) is 4.79 Å². The lowest BCUT2D eigenvalue weighted by Crippen LogP contribution is -2.22. The van der Waals surface area contributed by atoms with Crippen LogP contribution >= 0.6 is 0 Å². The fraction of sp³-hybridized carbons (Fsp3) is 0.333. The van der Waals surface area contributed by atoms with E-state index in [0.29, 0.717) is 19.4 Å². The number of carbonyl (C=O) groups excluding carboxylic acids is 1. The van der Waals surface area contributed by atoms with Gasteiger partial charge in [0.2, 0.25) is 5.91 Å². The van der Waals surface area contributed by atoms with E-state index in [-0.39, 0.29) is 0 Å². The zero-order valence-electron chi connectivity index (χ0n) is 7.12. The molecule has 0 aromatic rings.